The minimum atomic E-state index is 0.416. The van der Waals surface area contributed by atoms with Gasteiger partial charge in [0.1, 0.15) is 5.75 Å². The summed E-state index contributed by atoms with van der Waals surface area (Å²) in [5, 5.41) is 0.644. The Hall–Kier alpha value is -1.32. The Morgan fingerprint density at radius 2 is 2.11 bits per heavy atom. The summed E-state index contributed by atoms with van der Waals surface area (Å²) in [4.78, 5) is 1.36. The molecule has 0 amide bonds. The molecule has 1 aliphatic heterocycles. The van der Waals surface area contributed by atoms with Gasteiger partial charge in [0.2, 0.25) is 0 Å². The fourth-order valence-electron chi connectivity index (χ4n) is 2.19. The number of halogens is 1. The summed E-state index contributed by atoms with van der Waals surface area (Å²) in [5.41, 5.74) is 7.88. The van der Waals surface area contributed by atoms with Crippen molar-refractivity contribution in [2.24, 2.45) is 0 Å². The fraction of sp³-hybridized carbons (Fsp3) is 0.200. The van der Waals surface area contributed by atoms with Crippen molar-refractivity contribution in [2.75, 3.05) is 18.1 Å². The first-order valence-corrected chi connectivity index (χ1v) is 7.50. The van der Waals surface area contributed by atoms with E-state index in [2.05, 4.69) is 24.3 Å². The summed E-state index contributed by atoms with van der Waals surface area (Å²) in [6.07, 6.45) is 0. The molecule has 2 aromatic rings. The van der Waals surface area contributed by atoms with Gasteiger partial charge in [-0.2, -0.15) is 0 Å². The SMILES string of the molecule is Nc1ccc(Cl)cc1OCC1CSc2ccccc21. The lowest BCUT2D eigenvalue weighted by molar-refractivity contribution is 0.299. The molecule has 1 atom stereocenters. The first kappa shape index (κ1) is 12.7. The van der Waals surface area contributed by atoms with E-state index in [0.717, 1.165) is 5.75 Å². The number of nitrogen functional groups attached to an aromatic ring is 1. The van der Waals surface area contributed by atoms with Gasteiger partial charge in [-0.25, -0.2) is 0 Å². The Morgan fingerprint density at radius 3 is 3.00 bits per heavy atom. The molecule has 1 heterocycles. The number of nitrogens with two attached hydrogens (primary N) is 1. The molecule has 0 aromatic heterocycles. The van der Waals surface area contributed by atoms with E-state index in [1.807, 2.05) is 11.8 Å². The lowest BCUT2D eigenvalue weighted by Crippen LogP contribution is -2.10. The average molecular weight is 292 g/mol. The predicted octanol–water partition coefficient (Wildman–Crippen LogP) is 4.19. The molecule has 0 aliphatic carbocycles. The minimum absolute atomic E-state index is 0.416. The quantitative estimate of drug-likeness (QED) is 0.861. The van der Waals surface area contributed by atoms with Crippen LogP contribution in [0.15, 0.2) is 47.4 Å². The third-order valence-electron chi connectivity index (χ3n) is 3.21. The Bertz CT molecular complexity index is 602. The van der Waals surface area contributed by atoms with Crippen molar-refractivity contribution in [3.05, 3.63) is 53.1 Å². The van der Waals surface area contributed by atoms with E-state index in [0.29, 0.717) is 29.0 Å². The normalized spacial score (nSPS) is 17.2. The third kappa shape index (κ3) is 2.67. The highest BCUT2D eigenvalue weighted by molar-refractivity contribution is 7.99. The predicted molar refractivity (Wildman–Crippen MR) is 81.3 cm³/mol. The molecule has 0 bridgehead atoms. The molecule has 3 rings (SSSR count). The van der Waals surface area contributed by atoms with Crippen LogP contribution in [0.25, 0.3) is 0 Å². The summed E-state index contributed by atoms with van der Waals surface area (Å²) in [7, 11) is 0. The molecular weight excluding hydrogens is 278 g/mol. The number of benzene rings is 2. The minimum Gasteiger partial charge on any atom is -0.491 e. The van der Waals surface area contributed by atoms with E-state index in [1.165, 1.54) is 10.5 Å². The summed E-state index contributed by atoms with van der Waals surface area (Å²) < 4.78 is 5.84. The van der Waals surface area contributed by atoms with Crippen molar-refractivity contribution in [3.63, 3.8) is 0 Å². The van der Waals surface area contributed by atoms with Gasteiger partial charge in [0.05, 0.1) is 12.3 Å². The highest BCUT2D eigenvalue weighted by atomic mass is 35.5. The van der Waals surface area contributed by atoms with Crippen LogP contribution in [0.5, 0.6) is 5.75 Å². The molecule has 0 radical (unpaired) electrons. The van der Waals surface area contributed by atoms with Crippen LogP contribution < -0.4 is 10.5 Å². The van der Waals surface area contributed by atoms with E-state index < -0.39 is 0 Å². The van der Waals surface area contributed by atoms with Crippen LogP contribution in [0.3, 0.4) is 0 Å². The van der Waals surface area contributed by atoms with E-state index >= 15 is 0 Å². The van der Waals surface area contributed by atoms with Gasteiger partial charge in [-0.1, -0.05) is 29.8 Å². The molecular formula is C15H14ClNOS. The van der Waals surface area contributed by atoms with Gasteiger partial charge in [0, 0.05) is 27.7 Å². The van der Waals surface area contributed by atoms with Crippen molar-refractivity contribution < 1.29 is 4.74 Å². The zero-order valence-electron chi connectivity index (χ0n) is 10.3. The molecule has 4 heteroatoms. The largest absolute Gasteiger partial charge is 0.491 e. The lowest BCUT2D eigenvalue weighted by Gasteiger charge is -2.14. The first-order valence-electron chi connectivity index (χ1n) is 6.13. The maximum absolute atomic E-state index is 5.95. The van der Waals surface area contributed by atoms with E-state index in [1.54, 1.807) is 18.2 Å². The van der Waals surface area contributed by atoms with Gasteiger partial charge < -0.3 is 10.5 Å². The number of fused-ring (bicyclic) bond motifs is 1. The zero-order chi connectivity index (χ0) is 13.2. The topological polar surface area (TPSA) is 35.2 Å². The van der Waals surface area contributed by atoms with Crippen LogP contribution in [0.2, 0.25) is 5.02 Å². The number of ether oxygens (including phenoxy) is 1. The number of thioether (sulfide) groups is 1. The van der Waals surface area contributed by atoms with Crippen LogP contribution in [0.4, 0.5) is 5.69 Å². The van der Waals surface area contributed by atoms with E-state index in [-0.39, 0.29) is 0 Å². The average Bonchev–Trinajstić information content (AvgIpc) is 2.83. The maximum atomic E-state index is 5.95. The molecule has 1 aliphatic rings. The molecule has 1 unspecified atom stereocenters. The zero-order valence-corrected chi connectivity index (χ0v) is 11.9. The van der Waals surface area contributed by atoms with Crippen molar-refractivity contribution >= 4 is 29.1 Å². The van der Waals surface area contributed by atoms with Gasteiger partial charge in [-0.3, -0.25) is 0 Å². The van der Waals surface area contributed by atoms with Gasteiger partial charge >= 0.3 is 0 Å². The molecule has 19 heavy (non-hydrogen) atoms. The Morgan fingerprint density at radius 1 is 1.26 bits per heavy atom. The summed E-state index contributed by atoms with van der Waals surface area (Å²) in [6.45, 7) is 0.633. The highest BCUT2D eigenvalue weighted by Crippen LogP contribution is 2.39. The maximum Gasteiger partial charge on any atom is 0.143 e. The lowest BCUT2D eigenvalue weighted by atomic mass is 10.0. The molecule has 0 saturated carbocycles. The Balaban J connectivity index is 1.72. The second-order valence-electron chi connectivity index (χ2n) is 4.54. The van der Waals surface area contributed by atoms with Crippen molar-refractivity contribution in [1.29, 1.82) is 0 Å². The Kier molecular flexibility index (Phi) is 3.58. The van der Waals surface area contributed by atoms with E-state index in [4.69, 9.17) is 22.1 Å². The Labute approximate surface area is 121 Å². The van der Waals surface area contributed by atoms with Crippen molar-refractivity contribution in [2.45, 2.75) is 10.8 Å². The fourth-order valence-corrected chi connectivity index (χ4v) is 3.59. The molecule has 2 nitrogen and oxygen atoms in total. The molecule has 98 valence electrons. The number of hydrogen-bond acceptors (Lipinski definition) is 3. The van der Waals surface area contributed by atoms with Gasteiger partial charge in [0.15, 0.2) is 0 Å². The standard InChI is InChI=1S/C15H14ClNOS/c16-11-5-6-13(17)14(7-11)18-8-10-9-19-15-4-2-1-3-12(10)15/h1-7,10H,8-9,17H2. The summed E-state index contributed by atoms with van der Waals surface area (Å²) >= 11 is 7.83. The van der Waals surface area contributed by atoms with Crippen LogP contribution in [0, 0.1) is 0 Å². The van der Waals surface area contributed by atoms with E-state index in [9.17, 15) is 0 Å². The van der Waals surface area contributed by atoms with Gasteiger partial charge in [-0.05, 0) is 23.8 Å². The second kappa shape index (κ2) is 5.35. The summed E-state index contributed by atoms with van der Waals surface area (Å²) in [6, 6.07) is 13.8. The number of hydrogen-bond donors (Lipinski definition) is 1. The van der Waals surface area contributed by atoms with Crippen molar-refractivity contribution in [3.8, 4) is 5.75 Å². The number of rotatable bonds is 3. The molecule has 2 N–H and O–H groups in total. The third-order valence-corrected chi connectivity index (χ3v) is 4.70. The summed E-state index contributed by atoms with van der Waals surface area (Å²) in [5.74, 6) is 2.14. The highest BCUT2D eigenvalue weighted by Gasteiger charge is 2.23. The smallest absolute Gasteiger partial charge is 0.143 e. The van der Waals surface area contributed by atoms with Crippen LogP contribution in [-0.4, -0.2) is 12.4 Å². The van der Waals surface area contributed by atoms with Gasteiger partial charge in [0.25, 0.3) is 0 Å². The van der Waals surface area contributed by atoms with Crippen LogP contribution in [0.1, 0.15) is 11.5 Å². The van der Waals surface area contributed by atoms with Crippen LogP contribution in [-0.2, 0) is 0 Å². The first-order chi connectivity index (χ1) is 9.24. The molecule has 0 saturated heterocycles. The molecule has 0 spiro atoms. The van der Waals surface area contributed by atoms with Crippen molar-refractivity contribution in [1.82, 2.24) is 0 Å². The monoisotopic (exact) mass is 291 g/mol. The van der Waals surface area contributed by atoms with Gasteiger partial charge in [-0.15, -0.1) is 11.8 Å². The molecule has 0 fully saturated rings. The van der Waals surface area contributed by atoms with Crippen LogP contribution >= 0.6 is 23.4 Å². The molecule has 2 aromatic carbocycles. The number of anilines is 1. The second-order valence-corrected chi connectivity index (χ2v) is 6.04.